The first-order valence-corrected chi connectivity index (χ1v) is 5.27. The minimum absolute atomic E-state index is 0.196. The molecule has 0 aliphatic carbocycles. The van der Waals surface area contributed by atoms with Crippen molar-refractivity contribution in [2.45, 2.75) is 32.2 Å². The minimum atomic E-state index is -0.699. The van der Waals surface area contributed by atoms with Gasteiger partial charge in [-0.05, 0) is 6.42 Å². The Morgan fingerprint density at radius 2 is 2.14 bits per heavy atom. The average molecular weight is 201 g/mol. The highest BCUT2D eigenvalue weighted by Crippen LogP contribution is 2.13. The van der Waals surface area contributed by atoms with Crippen LogP contribution >= 0.6 is 0 Å². The lowest BCUT2D eigenvalue weighted by molar-refractivity contribution is -0.139. The minimum Gasteiger partial charge on any atom is -0.481 e. The van der Waals surface area contributed by atoms with E-state index in [-0.39, 0.29) is 12.5 Å². The van der Waals surface area contributed by atoms with Crippen molar-refractivity contribution in [3.05, 3.63) is 0 Å². The first-order chi connectivity index (χ1) is 6.74. The van der Waals surface area contributed by atoms with Crippen LogP contribution in [0, 0.1) is 0 Å². The van der Waals surface area contributed by atoms with Gasteiger partial charge in [-0.25, -0.2) is 0 Å². The molecule has 14 heavy (non-hydrogen) atoms. The van der Waals surface area contributed by atoms with Gasteiger partial charge in [-0.2, -0.15) is 0 Å². The van der Waals surface area contributed by atoms with Gasteiger partial charge in [0.15, 0.2) is 0 Å². The molecule has 1 atom stereocenters. The highest BCUT2D eigenvalue weighted by atomic mass is 16.5. The second-order valence-electron chi connectivity index (χ2n) is 3.69. The molecule has 0 saturated carbocycles. The first kappa shape index (κ1) is 11.5. The van der Waals surface area contributed by atoms with E-state index in [9.17, 15) is 4.79 Å². The first-order valence-electron chi connectivity index (χ1n) is 5.27. The highest BCUT2D eigenvalue weighted by Gasteiger charge is 2.22. The molecule has 0 radical (unpaired) electrons. The number of carboxylic acids is 1. The maximum atomic E-state index is 10.7. The van der Waals surface area contributed by atoms with E-state index < -0.39 is 5.97 Å². The summed E-state index contributed by atoms with van der Waals surface area (Å²) in [5, 5.41) is 8.78. The maximum absolute atomic E-state index is 10.7. The summed E-state index contributed by atoms with van der Waals surface area (Å²) >= 11 is 0. The largest absolute Gasteiger partial charge is 0.481 e. The third kappa shape index (κ3) is 3.64. The molecule has 1 saturated heterocycles. The molecule has 1 rings (SSSR count). The zero-order chi connectivity index (χ0) is 10.4. The molecule has 4 heteroatoms. The molecular weight excluding hydrogens is 182 g/mol. The number of aliphatic carboxylic acids is 1. The third-order valence-electron chi connectivity index (χ3n) is 2.59. The van der Waals surface area contributed by atoms with Gasteiger partial charge < -0.3 is 9.84 Å². The van der Waals surface area contributed by atoms with Gasteiger partial charge in [-0.15, -0.1) is 0 Å². The van der Waals surface area contributed by atoms with Gasteiger partial charge in [0.2, 0.25) is 0 Å². The van der Waals surface area contributed by atoms with Crippen molar-refractivity contribution < 1.29 is 14.6 Å². The van der Waals surface area contributed by atoms with E-state index in [4.69, 9.17) is 9.84 Å². The second-order valence-corrected chi connectivity index (χ2v) is 3.69. The van der Waals surface area contributed by atoms with Crippen molar-refractivity contribution >= 4 is 5.97 Å². The molecule has 1 heterocycles. The van der Waals surface area contributed by atoms with E-state index in [0.29, 0.717) is 0 Å². The quantitative estimate of drug-likeness (QED) is 0.720. The van der Waals surface area contributed by atoms with Crippen LogP contribution in [0.2, 0.25) is 0 Å². The van der Waals surface area contributed by atoms with E-state index in [2.05, 4.69) is 11.8 Å². The van der Waals surface area contributed by atoms with Crippen LogP contribution in [-0.4, -0.2) is 48.3 Å². The van der Waals surface area contributed by atoms with Crippen LogP contribution in [0.5, 0.6) is 0 Å². The Morgan fingerprint density at radius 1 is 1.50 bits per heavy atom. The number of carboxylic acid groups (broad SMARTS) is 1. The second kappa shape index (κ2) is 5.98. The molecular formula is C10H19NO3. The SMILES string of the molecule is CCCC(CC(=O)O)N1CCOCC1. The standard InChI is InChI=1S/C10H19NO3/c1-2-3-9(8-10(12)13)11-4-6-14-7-5-11/h9H,2-8H2,1H3,(H,12,13). The van der Waals surface area contributed by atoms with Crippen LogP contribution in [0.1, 0.15) is 26.2 Å². The predicted molar refractivity (Wildman–Crippen MR) is 53.3 cm³/mol. The maximum Gasteiger partial charge on any atom is 0.304 e. The van der Waals surface area contributed by atoms with E-state index in [1.54, 1.807) is 0 Å². The Morgan fingerprint density at radius 3 is 2.64 bits per heavy atom. The summed E-state index contributed by atoms with van der Waals surface area (Å²) in [6.07, 6.45) is 2.26. The Balaban J connectivity index is 2.42. The third-order valence-corrected chi connectivity index (χ3v) is 2.59. The van der Waals surface area contributed by atoms with E-state index in [1.165, 1.54) is 0 Å². The van der Waals surface area contributed by atoms with Crippen molar-refractivity contribution in [2.24, 2.45) is 0 Å². The summed E-state index contributed by atoms with van der Waals surface area (Å²) in [5.41, 5.74) is 0. The van der Waals surface area contributed by atoms with Gasteiger partial charge in [0.25, 0.3) is 0 Å². The molecule has 4 nitrogen and oxygen atoms in total. The molecule has 1 aliphatic rings. The molecule has 82 valence electrons. The van der Waals surface area contributed by atoms with Crippen molar-refractivity contribution in [3.63, 3.8) is 0 Å². The van der Waals surface area contributed by atoms with Crippen LogP contribution < -0.4 is 0 Å². The van der Waals surface area contributed by atoms with Crippen molar-refractivity contribution in [1.29, 1.82) is 0 Å². The van der Waals surface area contributed by atoms with Gasteiger partial charge in [-0.1, -0.05) is 13.3 Å². The topological polar surface area (TPSA) is 49.8 Å². The smallest absolute Gasteiger partial charge is 0.304 e. The predicted octanol–water partition coefficient (Wildman–Crippen LogP) is 0.962. The molecule has 1 aliphatic heterocycles. The summed E-state index contributed by atoms with van der Waals surface area (Å²) in [5.74, 6) is -0.699. The van der Waals surface area contributed by atoms with Crippen LogP contribution in [-0.2, 0) is 9.53 Å². The fourth-order valence-corrected chi connectivity index (χ4v) is 1.89. The molecule has 0 aromatic rings. The molecule has 0 aromatic heterocycles. The molecule has 1 N–H and O–H groups in total. The molecule has 1 fully saturated rings. The number of morpholine rings is 1. The summed E-state index contributed by atoms with van der Waals surface area (Å²) < 4.78 is 5.24. The summed E-state index contributed by atoms with van der Waals surface area (Å²) in [6.45, 7) is 5.31. The molecule has 0 amide bonds. The summed E-state index contributed by atoms with van der Waals surface area (Å²) in [6, 6.07) is 0.196. The number of nitrogens with zero attached hydrogens (tertiary/aromatic N) is 1. The van der Waals surface area contributed by atoms with Crippen molar-refractivity contribution in [2.75, 3.05) is 26.3 Å². The number of hydrogen-bond acceptors (Lipinski definition) is 3. The number of carbonyl (C=O) groups is 1. The lowest BCUT2D eigenvalue weighted by Crippen LogP contribution is -2.44. The van der Waals surface area contributed by atoms with E-state index in [0.717, 1.165) is 39.1 Å². The molecule has 0 aromatic carbocycles. The fraction of sp³-hybridized carbons (Fsp3) is 0.900. The molecule has 0 bridgehead atoms. The molecule has 1 unspecified atom stereocenters. The van der Waals surface area contributed by atoms with Crippen LogP contribution in [0.4, 0.5) is 0 Å². The van der Waals surface area contributed by atoms with Gasteiger partial charge in [0, 0.05) is 19.1 Å². The Bertz CT molecular complexity index is 178. The summed E-state index contributed by atoms with van der Waals surface area (Å²) in [4.78, 5) is 12.9. The molecule has 0 spiro atoms. The lowest BCUT2D eigenvalue weighted by atomic mass is 10.1. The zero-order valence-electron chi connectivity index (χ0n) is 8.74. The Kier molecular flexibility index (Phi) is 4.90. The Labute approximate surface area is 84.8 Å². The lowest BCUT2D eigenvalue weighted by Gasteiger charge is -2.33. The van der Waals surface area contributed by atoms with E-state index in [1.807, 2.05) is 0 Å². The van der Waals surface area contributed by atoms with Crippen LogP contribution in [0.25, 0.3) is 0 Å². The normalized spacial score (nSPS) is 20.6. The average Bonchev–Trinajstić information content (AvgIpc) is 2.18. The number of ether oxygens (including phenoxy) is 1. The van der Waals surface area contributed by atoms with Gasteiger partial charge in [0.1, 0.15) is 0 Å². The number of hydrogen-bond donors (Lipinski definition) is 1. The zero-order valence-corrected chi connectivity index (χ0v) is 8.74. The van der Waals surface area contributed by atoms with Crippen molar-refractivity contribution in [1.82, 2.24) is 4.90 Å². The Hall–Kier alpha value is -0.610. The summed E-state index contributed by atoms with van der Waals surface area (Å²) in [7, 11) is 0. The van der Waals surface area contributed by atoms with Crippen LogP contribution in [0.3, 0.4) is 0 Å². The monoisotopic (exact) mass is 201 g/mol. The van der Waals surface area contributed by atoms with Crippen LogP contribution in [0.15, 0.2) is 0 Å². The van der Waals surface area contributed by atoms with Gasteiger partial charge in [-0.3, -0.25) is 9.69 Å². The number of rotatable bonds is 5. The fourth-order valence-electron chi connectivity index (χ4n) is 1.89. The highest BCUT2D eigenvalue weighted by molar-refractivity contribution is 5.67. The van der Waals surface area contributed by atoms with Gasteiger partial charge >= 0.3 is 5.97 Å². The van der Waals surface area contributed by atoms with Gasteiger partial charge in [0.05, 0.1) is 19.6 Å². The van der Waals surface area contributed by atoms with E-state index >= 15 is 0 Å². The van der Waals surface area contributed by atoms with Crippen molar-refractivity contribution in [3.8, 4) is 0 Å².